The van der Waals surface area contributed by atoms with Crippen LogP contribution in [0.5, 0.6) is 0 Å². The van der Waals surface area contributed by atoms with Crippen molar-refractivity contribution in [1.82, 2.24) is 30.4 Å². The molecule has 2 heterocycles. The molecule has 2 aromatic rings. The van der Waals surface area contributed by atoms with Crippen molar-refractivity contribution in [1.29, 1.82) is 0 Å². The Kier molecular flexibility index (Phi) is 11.9. The van der Waals surface area contributed by atoms with Crippen molar-refractivity contribution in [3.8, 4) is 0 Å². The summed E-state index contributed by atoms with van der Waals surface area (Å²) in [6.45, 7) is 6.32. The van der Waals surface area contributed by atoms with E-state index in [9.17, 15) is 0 Å². The average Bonchev–Trinajstić information content (AvgIpc) is 3.23. The average molecular weight is 524 g/mol. The maximum atomic E-state index is 4.67. The lowest BCUT2D eigenvalue weighted by molar-refractivity contribution is 0.741. The second-order valence-corrected chi connectivity index (χ2v) is 8.10. The van der Waals surface area contributed by atoms with E-state index in [4.69, 9.17) is 0 Å². The van der Waals surface area contributed by atoms with E-state index in [0.29, 0.717) is 6.54 Å². The summed E-state index contributed by atoms with van der Waals surface area (Å²) >= 11 is 3.65. The molecule has 0 aliphatic carbocycles. The molecule has 27 heavy (non-hydrogen) atoms. The van der Waals surface area contributed by atoms with Crippen LogP contribution in [0.2, 0.25) is 0 Å². The standard InChI is InChI=1S/C17H29N7S2.HI/c1-5-14-11-20-16(26-14)7-9-19-17(18-8-6-10-25-4)21-12-15-23-22-13(2)24(15)3;/h11H,5-10,12H2,1-4H3,(H2,18,19,21);1H. The van der Waals surface area contributed by atoms with E-state index in [1.165, 1.54) is 9.88 Å². The third-order valence-electron chi connectivity index (χ3n) is 3.96. The number of hydrogen-bond acceptors (Lipinski definition) is 6. The van der Waals surface area contributed by atoms with Gasteiger partial charge in [0.1, 0.15) is 12.4 Å². The Bertz CT molecular complexity index is 699. The van der Waals surface area contributed by atoms with Crippen molar-refractivity contribution in [2.45, 2.75) is 39.7 Å². The smallest absolute Gasteiger partial charge is 0.191 e. The number of aryl methyl sites for hydroxylation is 2. The number of halogens is 1. The monoisotopic (exact) mass is 523 g/mol. The minimum absolute atomic E-state index is 0. The van der Waals surface area contributed by atoms with Gasteiger partial charge in [0.2, 0.25) is 0 Å². The number of thioether (sulfide) groups is 1. The predicted octanol–water partition coefficient (Wildman–Crippen LogP) is 2.79. The van der Waals surface area contributed by atoms with Gasteiger partial charge in [-0.25, -0.2) is 9.98 Å². The van der Waals surface area contributed by atoms with E-state index in [1.807, 2.05) is 36.5 Å². The number of thiazole rings is 1. The van der Waals surface area contributed by atoms with Gasteiger partial charge in [-0.15, -0.1) is 45.5 Å². The molecular formula is C17H30IN7S2. The Hall–Kier alpha value is -0.880. The fourth-order valence-electron chi connectivity index (χ4n) is 2.25. The van der Waals surface area contributed by atoms with Crippen LogP contribution in [0.25, 0.3) is 0 Å². The lowest BCUT2D eigenvalue weighted by Gasteiger charge is -2.12. The molecule has 0 aliphatic heterocycles. The normalized spacial score (nSPS) is 11.3. The van der Waals surface area contributed by atoms with E-state index in [0.717, 1.165) is 55.7 Å². The summed E-state index contributed by atoms with van der Waals surface area (Å²) in [6.07, 6.45) is 7.16. The zero-order chi connectivity index (χ0) is 18.8. The molecule has 0 radical (unpaired) electrons. The maximum Gasteiger partial charge on any atom is 0.191 e. The van der Waals surface area contributed by atoms with Gasteiger partial charge in [-0.1, -0.05) is 6.92 Å². The molecule has 0 aromatic carbocycles. The SMILES string of the molecule is CCc1cnc(CCNC(=NCc2nnc(C)n2C)NCCCSC)s1.I. The first-order chi connectivity index (χ1) is 12.6. The van der Waals surface area contributed by atoms with Crippen molar-refractivity contribution >= 4 is 53.0 Å². The largest absolute Gasteiger partial charge is 0.356 e. The summed E-state index contributed by atoms with van der Waals surface area (Å²) in [4.78, 5) is 10.5. The van der Waals surface area contributed by atoms with Crippen molar-refractivity contribution in [2.24, 2.45) is 12.0 Å². The number of guanidine groups is 1. The zero-order valence-electron chi connectivity index (χ0n) is 16.5. The Balaban J connectivity index is 0.00000364. The Labute approximate surface area is 187 Å². The van der Waals surface area contributed by atoms with Crippen LogP contribution in [0, 0.1) is 6.92 Å². The van der Waals surface area contributed by atoms with Crippen LogP contribution in [0.1, 0.15) is 34.9 Å². The molecule has 10 heteroatoms. The first-order valence-electron chi connectivity index (χ1n) is 8.93. The Morgan fingerprint density at radius 3 is 2.70 bits per heavy atom. The van der Waals surface area contributed by atoms with Gasteiger partial charge >= 0.3 is 0 Å². The van der Waals surface area contributed by atoms with Crippen LogP contribution in [0.15, 0.2) is 11.2 Å². The summed E-state index contributed by atoms with van der Waals surface area (Å²) < 4.78 is 1.97. The van der Waals surface area contributed by atoms with Crippen LogP contribution in [0.3, 0.4) is 0 Å². The van der Waals surface area contributed by atoms with Gasteiger partial charge in [0.25, 0.3) is 0 Å². The quantitative estimate of drug-likeness (QED) is 0.216. The Morgan fingerprint density at radius 2 is 2.07 bits per heavy atom. The lowest BCUT2D eigenvalue weighted by Crippen LogP contribution is -2.39. The van der Waals surface area contributed by atoms with Crippen LogP contribution in [0.4, 0.5) is 0 Å². The fourth-order valence-corrected chi connectivity index (χ4v) is 3.55. The highest BCUT2D eigenvalue weighted by atomic mass is 127. The highest BCUT2D eigenvalue weighted by Gasteiger charge is 2.06. The molecule has 0 atom stereocenters. The second-order valence-electron chi connectivity index (χ2n) is 5.91. The van der Waals surface area contributed by atoms with Crippen LogP contribution in [-0.2, 0) is 26.4 Å². The van der Waals surface area contributed by atoms with Crippen LogP contribution < -0.4 is 10.6 Å². The summed E-state index contributed by atoms with van der Waals surface area (Å²) in [7, 11) is 1.97. The highest BCUT2D eigenvalue weighted by Crippen LogP contribution is 2.13. The molecule has 7 nitrogen and oxygen atoms in total. The number of aliphatic imine (C=N–C) groups is 1. The van der Waals surface area contributed by atoms with Gasteiger partial charge in [0.15, 0.2) is 11.8 Å². The molecular weight excluding hydrogens is 493 g/mol. The number of rotatable bonds is 10. The molecule has 2 N–H and O–H groups in total. The van der Waals surface area contributed by atoms with Gasteiger partial charge in [-0.3, -0.25) is 0 Å². The summed E-state index contributed by atoms with van der Waals surface area (Å²) in [5.41, 5.74) is 0. The number of hydrogen-bond donors (Lipinski definition) is 2. The number of nitrogens with zero attached hydrogens (tertiary/aromatic N) is 5. The second kappa shape index (κ2) is 13.3. The molecule has 0 saturated heterocycles. The third kappa shape index (κ3) is 8.34. The summed E-state index contributed by atoms with van der Waals surface area (Å²) in [5.74, 6) is 3.72. The zero-order valence-corrected chi connectivity index (χ0v) is 20.5. The molecule has 2 aromatic heterocycles. The fraction of sp³-hybridized carbons (Fsp3) is 0.647. The minimum Gasteiger partial charge on any atom is -0.356 e. The van der Waals surface area contributed by atoms with Crippen LogP contribution >= 0.6 is 47.1 Å². The topological polar surface area (TPSA) is 80.0 Å². The molecule has 0 aliphatic rings. The molecule has 2 rings (SSSR count). The third-order valence-corrected chi connectivity index (χ3v) is 5.86. The summed E-state index contributed by atoms with van der Waals surface area (Å²) in [5, 5.41) is 16.2. The molecule has 0 unspecified atom stereocenters. The maximum absolute atomic E-state index is 4.67. The van der Waals surface area contributed by atoms with Crippen molar-refractivity contribution in [3.05, 3.63) is 27.7 Å². The van der Waals surface area contributed by atoms with Crippen molar-refractivity contribution in [2.75, 3.05) is 25.1 Å². The predicted molar refractivity (Wildman–Crippen MR) is 126 cm³/mol. The van der Waals surface area contributed by atoms with Gasteiger partial charge in [-0.05, 0) is 31.8 Å². The van der Waals surface area contributed by atoms with Gasteiger partial charge in [-0.2, -0.15) is 11.8 Å². The Morgan fingerprint density at radius 1 is 1.30 bits per heavy atom. The molecule has 152 valence electrons. The van der Waals surface area contributed by atoms with E-state index in [-0.39, 0.29) is 24.0 Å². The molecule has 0 fully saturated rings. The van der Waals surface area contributed by atoms with Gasteiger partial charge in [0.05, 0.1) is 5.01 Å². The number of nitrogens with one attached hydrogen (secondary N) is 2. The molecule has 0 amide bonds. The van der Waals surface area contributed by atoms with E-state index >= 15 is 0 Å². The highest BCUT2D eigenvalue weighted by molar-refractivity contribution is 14.0. The first kappa shape index (κ1) is 24.2. The molecule has 0 saturated carbocycles. The van der Waals surface area contributed by atoms with E-state index in [1.54, 1.807) is 11.3 Å². The van der Waals surface area contributed by atoms with Gasteiger partial charge in [0, 0.05) is 37.6 Å². The summed E-state index contributed by atoms with van der Waals surface area (Å²) in [6, 6.07) is 0. The van der Waals surface area contributed by atoms with Crippen molar-refractivity contribution < 1.29 is 0 Å². The van der Waals surface area contributed by atoms with Crippen molar-refractivity contribution in [3.63, 3.8) is 0 Å². The first-order valence-corrected chi connectivity index (χ1v) is 11.1. The molecule has 0 bridgehead atoms. The minimum atomic E-state index is 0. The molecule has 0 spiro atoms. The van der Waals surface area contributed by atoms with E-state index < -0.39 is 0 Å². The lowest BCUT2D eigenvalue weighted by atomic mass is 10.4. The number of aromatic nitrogens is 4. The van der Waals surface area contributed by atoms with Gasteiger partial charge < -0.3 is 15.2 Å². The van der Waals surface area contributed by atoms with E-state index in [2.05, 4.69) is 44.0 Å². The van der Waals surface area contributed by atoms with Crippen LogP contribution in [-0.4, -0.2) is 50.8 Å².